The summed E-state index contributed by atoms with van der Waals surface area (Å²) in [7, 11) is 0. The molecule has 2 unspecified atom stereocenters. The maximum atomic E-state index is 13.7. The van der Waals surface area contributed by atoms with E-state index in [2.05, 4.69) is 5.32 Å². The van der Waals surface area contributed by atoms with Gasteiger partial charge in [-0.1, -0.05) is 29.8 Å². The van der Waals surface area contributed by atoms with Gasteiger partial charge in [-0.05, 0) is 37.1 Å². The lowest BCUT2D eigenvalue weighted by atomic mass is 10.0. The number of hydrogen-bond acceptors (Lipinski definition) is 6. The van der Waals surface area contributed by atoms with Crippen molar-refractivity contribution in [1.29, 1.82) is 0 Å². The molecule has 0 radical (unpaired) electrons. The molecule has 164 valence electrons. The Kier molecular flexibility index (Phi) is 5.47. The van der Waals surface area contributed by atoms with E-state index in [1.165, 1.54) is 18.2 Å². The quantitative estimate of drug-likeness (QED) is 0.467. The second-order valence-electron chi connectivity index (χ2n) is 8.09. The fourth-order valence-electron chi connectivity index (χ4n) is 4.57. The van der Waals surface area contributed by atoms with E-state index in [0.717, 1.165) is 12.8 Å². The summed E-state index contributed by atoms with van der Waals surface area (Å²) in [5, 5.41) is 4.23. The molecule has 0 spiro atoms. The lowest BCUT2D eigenvalue weighted by Gasteiger charge is -2.34. The fourth-order valence-corrected chi connectivity index (χ4v) is 4.83. The van der Waals surface area contributed by atoms with Crippen molar-refractivity contribution in [3.05, 3.63) is 69.4 Å². The molecule has 2 bridgehead atoms. The number of likely N-dealkylation sites (tertiary alicyclic amines) is 1. The molecule has 32 heavy (non-hydrogen) atoms. The molecule has 0 saturated carbocycles. The number of piperazine rings is 1. The van der Waals surface area contributed by atoms with Crippen LogP contribution in [0.1, 0.15) is 12.8 Å². The van der Waals surface area contributed by atoms with Gasteiger partial charge in [0.1, 0.15) is 29.6 Å². The van der Waals surface area contributed by atoms with Crippen molar-refractivity contribution >= 4 is 28.5 Å². The molecule has 6 nitrogen and oxygen atoms in total. The maximum Gasteiger partial charge on any atom is 0.379 e. The van der Waals surface area contributed by atoms with Crippen LogP contribution in [0.25, 0.3) is 22.1 Å². The van der Waals surface area contributed by atoms with Crippen molar-refractivity contribution < 1.29 is 18.3 Å². The summed E-state index contributed by atoms with van der Waals surface area (Å²) in [5.74, 6) is 1.40. The molecule has 1 N–H and O–H groups in total. The number of hydrogen-bond donors (Lipinski definition) is 1. The van der Waals surface area contributed by atoms with Gasteiger partial charge in [0, 0.05) is 41.7 Å². The molecule has 5 rings (SSSR count). The minimum Gasteiger partial charge on any atom is -0.479 e. The maximum absolute atomic E-state index is 13.7. The second-order valence-corrected chi connectivity index (χ2v) is 8.50. The Balaban J connectivity index is 1.54. The molecular weight excluding hydrogens is 435 g/mol. The number of benzene rings is 2. The third kappa shape index (κ3) is 3.79. The summed E-state index contributed by atoms with van der Waals surface area (Å²) < 4.78 is 25.0. The number of ether oxygens (including phenoxy) is 1. The second kappa shape index (κ2) is 8.43. The Labute approximate surface area is 188 Å². The minimum absolute atomic E-state index is 0.0805. The first-order chi connectivity index (χ1) is 15.5. The Morgan fingerprint density at radius 2 is 1.97 bits per heavy atom. The monoisotopic (exact) mass is 454 g/mol. The normalized spacial score (nSPS) is 19.8. The van der Waals surface area contributed by atoms with Crippen LogP contribution < -0.4 is 15.7 Å². The van der Waals surface area contributed by atoms with Gasteiger partial charge in [-0.25, -0.2) is 14.0 Å². The van der Waals surface area contributed by atoms with Crippen LogP contribution in [0.2, 0.25) is 5.02 Å². The average molecular weight is 455 g/mol. The number of rotatable bonds is 5. The van der Waals surface area contributed by atoms with Crippen molar-refractivity contribution in [2.75, 3.05) is 19.7 Å². The number of para-hydroxylation sites is 1. The van der Waals surface area contributed by atoms with E-state index < -0.39 is 11.4 Å². The van der Waals surface area contributed by atoms with E-state index in [9.17, 15) is 14.0 Å². The molecule has 2 aromatic carbocycles. The highest BCUT2D eigenvalue weighted by Crippen LogP contribution is 2.39. The summed E-state index contributed by atoms with van der Waals surface area (Å²) in [6.45, 7) is 1.23. The van der Waals surface area contributed by atoms with E-state index in [4.69, 9.17) is 20.8 Å². The van der Waals surface area contributed by atoms with Crippen LogP contribution in [-0.2, 0) is 4.79 Å². The zero-order valence-corrected chi connectivity index (χ0v) is 17.8. The highest BCUT2D eigenvalue weighted by Gasteiger charge is 2.33. The lowest BCUT2D eigenvalue weighted by Crippen LogP contribution is -2.51. The molecular formula is C24H20ClFN2O4. The van der Waals surface area contributed by atoms with Crippen LogP contribution >= 0.6 is 11.6 Å². The van der Waals surface area contributed by atoms with E-state index in [1.807, 2.05) is 10.8 Å². The first kappa shape index (κ1) is 20.8. The summed E-state index contributed by atoms with van der Waals surface area (Å²) in [6.07, 6.45) is 2.13. The third-order valence-electron chi connectivity index (χ3n) is 6.04. The van der Waals surface area contributed by atoms with Gasteiger partial charge >= 0.3 is 5.63 Å². The molecule has 0 aliphatic carbocycles. The predicted octanol–water partition coefficient (Wildman–Crippen LogP) is 3.78. The number of carbonyl (C=O) groups excluding carboxylic acids is 1. The Bertz CT molecular complexity index is 1290. The molecule has 2 aliphatic heterocycles. The number of halogens is 2. The molecule has 2 aliphatic rings. The molecule has 3 aromatic rings. The summed E-state index contributed by atoms with van der Waals surface area (Å²) >= 11 is 6.33. The summed E-state index contributed by atoms with van der Waals surface area (Å²) in [4.78, 5) is 26.5. The van der Waals surface area contributed by atoms with E-state index in [1.54, 1.807) is 24.3 Å². The van der Waals surface area contributed by atoms with Gasteiger partial charge in [0.25, 0.3) is 0 Å². The van der Waals surface area contributed by atoms with Gasteiger partial charge in [0.05, 0.1) is 5.02 Å². The Morgan fingerprint density at radius 1 is 1.22 bits per heavy atom. The Morgan fingerprint density at radius 3 is 2.69 bits per heavy atom. The standard InChI is InChI=1S/C24H20ClFN2O4/c25-20-9-14(26)5-8-18(20)22-19-3-1-2-4-21(19)32-24(30)23(22)31-13-17(12-29)28-10-15-6-7-16(11-28)27-15/h1-5,8-9,15-16,27H,6-7,10-11,13H2. The van der Waals surface area contributed by atoms with E-state index in [-0.39, 0.29) is 17.4 Å². The molecule has 2 fully saturated rings. The topological polar surface area (TPSA) is 71.8 Å². The predicted molar refractivity (Wildman–Crippen MR) is 119 cm³/mol. The summed E-state index contributed by atoms with van der Waals surface area (Å²) in [6, 6.07) is 11.6. The van der Waals surface area contributed by atoms with Crippen molar-refractivity contribution in [1.82, 2.24) is 10.2 Å². The highest BCUT2D eigenvalue weighted by atomic mass is 35.5. The van der Waals surface area contributed by atoms with E-state index in [0.29, 0.717) is 53.0 Å². The van der Waals surface area contributed by atoms with Gasteiger partial charge in [-0.3, -0.25) is 0 Å². The molecule has 2 atom stereocenters. The smallest absolute Gasteiger partial charge is 0.379 e. The van der Waals surface area contributed by atoms with Crippen LogP contribution in [-0.4, -0.2) is 42.6 Å². The largest absolute Gasteiger partial charge is 0.479 e. The van der Waals surface area contributed by atoms with Gasteiger partial charge in [-0.15, -0.1) is 0 Å². The molecule has 2 saturated heterocycles. The molecule has 0 amide bonds. The fraction of sp³-hybridized carbons (Fsp3) is 0.292. The lowest BCUT2D eigenvalue weighted by molar-refractivity contribution is 0.210. The van der Waals surface area contributed by atoms with Crippen LogP contribution in [0.15, 0.2) is 57.4 Å². The molecule has 1 aromatic heterocycles. The zero-order chi connectivity index (χ0) is 22.2. The van der Waals surface area contributed by atoms with Gasteiger partial charge in [0.2, 0.25) is 5.75 Å². The van der Waals surface area contributed by atoms with Gasteiger partial charge < -0.3 is 19.4 Å². The van der Waals surface area contributed by atoms with Crippen LogP contribution in [0, 0.1) is 5.82 Å². The zero-order valence-electron chi connectivity index (χ0n) is 17.1. The van der Waals surface area contributed by atoms with Crippen LogP contribution in [0.4, 0.5) is 4.39 Å². The highest BCUT2D eigenvalue weighted by molar-refractivity contribution is 6.33. The molecule has 8 heteroatoms. The van der Waals surface area contributed by atoms with Gasteiger partial charge in [-0.2, -0.15) is 0 Å². The Hall–Kier alpha value is -3.12. The number of nitrogens with one attached hydrogen (secondary N) is 1. The molecule has 3 heterocycles. The number of fused-ring (bicyclic) bond motifs is 3. The van der Waals surface area contributed by atoms with Crippen LogP contribution in [0.5, 0.6) is 5.75 Å². The SMILES string of the molecule is O=C=C(COc1c(-c2ccc(F)cc2Cl)c2ccccc2oc1=O)N1CC2CCC(C1)N2. The first-order valence-electron chi connectivity index (χ1n) is 10.4. The summed E-state index contributed by atoms with van der Waals surface area (Å²) in [5.41, 5.74) is 0.818. The van der Waals surface area contributed by atoms with Crippen molar-refractivity contribution in [3.8, 4) is 16.9 Å². The average Bonchev–Trinajstić information content (AvgIpc) is 3.12. The minimum atomic E-state index is -0.704. The first-order valence-corrected chi connectivity index (χ1v) is 10.8. The van der Waals surface area contributed by atoms with Crippen molar-refractivity contribution in [3.63, 3.8) is 0 Å². The van der Waals surface area contributed by atoms with Gasteiger partial charge in [0.15, 0.2) is 0 Å². The van der Waals surface area contributed by atoms with Crippen LogP contribution in [0.3, 0.4) is 0 Å². The van der Waals surface area contributed by atoms with Crippen molar-refractivity contribution in [2.45, 2.75) is 24.9 Å². The number of nitrogens with zero attached hydrogens (tertiary/aromatic N) is 1. The third-order valence-corrected chi connectivity index (χ3v) is 6.35. The van der Waals surface area contributed by atoms with E-state index >= 15 is 0 Å². The van der Waals surface area contributed by atoms with Crippen molar-refractivity contribution in [2.24, 2.45) is 0 Å².